The van der Waals surface area contributed by atoms with E-state index in [1.807, 2.05) is 39.0 Å². The third-order valence-corrected chi connectivity index (χ3v) is 3.95. The van der Waals surface area contributed by atoms with Crippen molar-refractivity contribution in [3.8, 4) is 11.4 Å². The normalized spacial score (nSPS) is 12.6. The Morgan fingerprint density at radius 3 is 2.64 bits per heavy atom. The molecule has 0 aliphatic carbocycles. The quantitative estimate of drug-likeness (QED) is 0.810. The van der Waals surface area contributed by atoms with E-state index in [0.29, 0.717) is 29.2 Å². The van der Waals surface area contributed by atoms with E-state index in [1.165, 1.54) is 4.90 Å². The number of carbonyl (C=O) groups is 1. The van der Waals surface area contributed by atoms with Gasteiger partial charge in [0.15, 0.2) is 0 Å². The van der Waals surface area contributed by atoms with Crippen LogP contribution in [-0.4, -0.2) is 36.4 Å². The zero-order chi connectivity index (χ0) is 18.8. The van der Waals surface area contributed by atoms with Gasteiger partial charge in [-0.15, -0.1) is 6.58 Å². The number of hydrogen-bond donors (Lipinski definition) is 2. The van der Waals surface area contributed by atoms with Gasteiger partial charge in [0.2, 0.25) is 0 Å². The van der Waals surface area contributed by atoms with Crippen LogP contribution in [0.15, 0.2) is 37.1 Å². The van der Waals surface area contributed by atoms with Gasteiger partial charge in [0.1, 0.15) is 5.69 Å². The third kappa shape index (κ3) is 3.81. The molecule has 0 aliphatic rings. The van der Waals surface area contributed by atoms with Crippen LogP contribution in [0.25, 0.3) is 11.4 Å². The smallest absolute Gasteiger partial charge is 0.408 e. The highest BCUT2D eigenvalue weighted by Crippen LogP contribution is 2.32. The minimum atomic E-state index is -0.994. The Bertz CT molecular complexity index is 757. The molecule has 2 rings (SSSR count). The van der Waals surface area contributed by atoms with Crippen molar-refractivity contribution in [3.63, 3.8) is 0 Å². The largest absolute Gasteiger partial charge is 0.465 e. The Balaban J connectivity index is 2.55. The van der Waals surface area contributed by atoms with Gasteiger partial charge in [-0.1, -0.05) is 12.1 Å². The Labute approximate surface area is 147 Å². The number of aryl methyl sites for hydroxylation is 1. The summed E-state index contributed by atoms with van der Waals surface area (Å²) in [4.78, 5) is 18.0. The molecule has 0 bridgehead atoms. The van der Waals surface area contributed by atoms with Gasteiger partial charge in [-0.3, -0.25) is 9.58 Å². The summed E-state index contributed by atoms with van der Waals surface area (Å²) in [5.74, 6) is 0. The number of rotatable bonds is 5. The van der Waals surface area contributed by atoms with Crippen molar-refractivity contribution in [3.05, 3.63) is 42.7 Å². The SMILES string of the molecule is C=CC[C@@H](c1cccc(-c2c(N)cnn2C)n1)N(C(=O)O)C(C)(C)C. The van der Waals surface area contributed by atoms with Crippen molar-refractivity contribution in [2.45, 2.75) is 38.8 Å². The fourth-order valence-corrected chi connectivity index (χ4v) is 2.94. The summed E-state index contributed by atoms with van der Waals surface area (Å²) in [6, 6.07) is 5.07. The molecule has 134 valence electrons. The van der Waals surface area contributed by atoms with Gasteiger partial charge < -0.3 is 10.8 Å². The topological polar surface area (TPSA) is 97.3 Å². The molecule has 3 N–H and O–H groups in total. The maximum atomic E-state index is 11.9. The summed E-state index contributed by atoms with van der Waals surface area (Å²) in [7, 11) is 1.79. The number of nitrogens with zero attached hydrogens (tertiary/aromatic N) is 4. The summed E-state index contributed by atoms with van der Waals surface area (Å²) in [5.41, 5.74) is 7.95. The second kappa shape index (κ2) is 6.96. The number of aromatic nitrogens is 3. The molecule has 0 aliphatic heterocycles. The van der Waals surface area contributed by atoms with Crippen LogP contribution in [0.5, 0.6) is 0 Å². The molecule has 1 amide bonds. The first-order chi connectivity index (χ1) is 11.7. The Morgan fingerprint density at radius 1 is 1.48 bits per heavy atom. The van der Waals surface area contributed by atoms with E-state index in [2.05, 4.69) is 16.7 Å². The fourth-order valence-electron chi connectivity index (χ4n) is 2.94. The number of carboxylic acid groups (broad SMARTS) is 1. The zero-order valence-electron chi connectivity index (χ0n) is 15.1. The fraction of sp³-hybridized carbons (Fsp3) is 0.389. The van der Waals surface area contributed by atoms with Crippen LogP contribution in [0.2, 0.25) is 0 Å². The van der Waals surface area contributed by atoms with E-state index in [1.54, 1.807) is 24.0 Å². The van der Waals surface area contributed by atoms with Crippen molar-refractivity contribution >= 4 is 11.8 Å². The van der Waals surface area contributed by atoms with E-state index >= 15 is 0 Å². The van der Waals surface area contributed by atoms with Crippen LogP contribution in [0.1, 0.15) is 38.9 Å². The van der Waals surface area contributed by atoms with Gasteiger partial charge >= 0.3 is 6.09 Å². The van der Waals surface area contributed by atoms with Crippen molar-refractivity contribution in [1.29, 1.82) is 0 Å². The molecule has 7 nitrogen and oxygen atoms in total. The molecule has 7 heteroatoms. The number of nitrogen functional groups attached to an aromatic ring is 1. The summed E-state index contributed by atoms with van der Waals surface area (Å²) < 4.78 is 1.66. The second-order valence-corrected chi connectivity index (χ2v) is 6.88. The van der Waals surface area contributed by atoms with Crippen molar-refractivity contribution in [1.82, 2.24) is 19.7 Å². The summed E-state index contributed by atoms with van der Waals surface area (Å²) in [6.07, 6.45) is 2.75. The lowest BCUT2D eigenvalue weighted by Crippen LogP contribution is -2.47. The lowest BCUT2D eigenvalue weighted by Gasteiger charge is -2.39. The molecular formula is C18H25N5O2. The van der Waals surface area contributed by atoms with Gasteiger partial charge in [-0.25, -0.2) is 9.78 Å². The molecule has 0 radical (unpaired) electrons. The average Bonchev–Trinajstić information content (AvgIpc) is 2.84. The van der Waals surface area contributed by atoms with Gasteiger partial charge in [-0.05, 0) is 39.3 Å². The molecule has 1 atom stereocenters. The lowest BCUT2D eigenvalue weighted by atomic mass is 9.99. The average molecular weight is 343 g/mol. The molecule has 2 aromatic heterocycles. The Kier molecular flexibility index (Phi) is 5.15. The summed E-state index contributed by atoms with van der Waals surface area (Å²) >= 11 is 0. The van der Waals surface area contributed by atoms with E-state index in [-0.39, 0.29) is 0 Å². The zero-order valence-corrected chi connectivity index (χ0v) is 15.1. The first kappa shape index (κ1) is 18.5. The number of hydrogen-bond acceptors (Lipinski definition) is 4. The van der Waals surface area contributed by atoms with Crippen molar-refractivity contribution in [2.75, 3.05) is 5.73 Å². The molecule has 0 saturated heterocycles. The van der Waals surface area contributed by atoms with Crippen LogP contribution >= 0.6 is 0 Å². The predicted molar refractivity (Wildman–Crippen MR) is 98.0 cm³/mol. The Morgan fingerprint density at radius 2 is 2.16 bits per heavy atom. The molecule has 0 saturated carbocycles. The molecule has 0 aromatic carbocycles. The molecule has 2 heterocycles. The van der Waals surface area contributed by atoms with Gasteiger partial charge in [-0.2, -0.15) is 5.10 Å². The lowest BCUT2D eigenvalue weighted by molar-refractivity contribution is 0.0691. The van der Waals surface area contributed by atoms with Gasteiger partial charge in [0.25, 0.3) is 0 Å². The van der Waals surface area contributed by atoms with Crippen molar-refractivity contribution in [2.24, 2.45) is 7.05 Å². The Hall–Kier alpha value is -2.83. The van der Waals surface area contributed by atoms with E-state index in [0.717, 1.165) is 0 Å². The molecule has 0 unspecified atom stereocenters. The van der Waals surface area contributed by atoms with Crippen molar-refractivity contribution < 1.29 is 9.90 Å². The van der Waals surface area contributed by atoms with E-state index in [4.69, 9.17) is 5.73 Å². The first-order valence-corrected chi connectivity index (χ1v) is 8.04. The molecular weight excluding hydrogens is 318 g/mol. The van der Waals surface area contributed by atoms with E-state index < -0.39 is 17.7 Å². The van der Waals surface area contributed by atoms with Crippen LogP contribution in [0.4, 0.5) is 10.5 Å². The van der Waals surface area contributed by atoms with Crippen LogP contribution < -0.4 is 5.73 Å². The highest BCUT2D eigenvalue weighted by Gasteiger charge is 2.34. The van der Waals surface area contributed by atoms with Crippen LogP contribution in [-0.2, 0) is 7.05 Å². The first-order valence-electron chi connectivity index (χ1n) is 8.04. The molecule has 0 spiro atoms. The molecule has 2 aromatic rings. The predicted octanol–water partition coefficient (Wildman–Crippen LogP) is 3.46. The number of anilines is 1. The number of pyridine rings is 1. The number of nitrogens with two attached hydrogens (primary N) is 1. The standard InChI is InChI=1S/C18H25N5O2/c1-6-8-15(23(17(24)25)18(2,3)4)13-9-7-10-14(21-13)16-12(19)11-20-22(16)5/h6-7,9-11,15H,1,8,19H2,2-5H3,(H,24,25)/t15-/m0/s1. The van der Waals surface area contributed by atoms with Gasteiger partial charge in [0.05, 0.1) is 29.3 Å². The minimum Gasteiger partial charge on any atom is -0.465 e. The summed E-state index contributed by atoms with van der Waals surface area (Å²) in [5, 5.41) is 13.9. The highest BCUT2D eigenvalue weighted by atomic mass is 16.4. The molecule has 0 fully saturated rings. The molecule has 25 heavy (non-hydrogen) atoms. The minimum absolute atomic E-state index is 0.440. The van der Waals surface area contributed by atoms with Crippen LogP contribution in [0.3, 0.4) is 0 Å². The third-order valence-electron chi connectivity index (χ3n) is 3.95. The number of amides is 1. The monoisotopic (exact) mass is 343 g/mol. The second-order valence-electron chi connectivity index (χ2n) is 6.88. The van der Waals surface area contributed by atoms with E-state index in [9.17, 15) is 9.90 Å². The maximum absolute atomic E-state index is 11.9. The van der Waals surface area contributed by atoms with Crippen LogP contribution in [0, 0.1) is 0 Å². The van der Waals surface area contributed by atoms with Gasteiger partial charge in [0, 0.05) is 12.6 Å². The summed E-state index contributed by atoms with van der Waals surface area (Å²) in [6.45, 7) is 9.35. The highest BCUT2D eigenvalue weighted by molar-refractivity contribution is 5.70. The maximum Gasteiger partial charge on any atom is 0.408 e.